The second kappa shape index (κ2) is 2.62. The van der Waals surface area contributed by atoms with Crippen LogP contribution in [0.1, 0.15) is 5.82 Å². The Morgan fingerprint density at radius 2 is 2.36 bits per heavy atom. The van der Waals surface area contributed by atoms with Crippen LogP contribution in [0.4, 0.5) is 0 Å². The second-order valence-electron chi connectivity index (χ2n) is 2.17. The van der Waals surface area contributed by atoms with Gasteiger partial charge in [0.15, 0.2) is 11.5 Å². The summed E-state index contributed by atoms with van der Waals surface area (Å²) in [5.74, 6) is 0.816. The van der Waals surface area contributed by atoms with Gasteiger partial charge in [0.2, 0.25) is 0 Å². The highest BCUT2D eigenvalue weighted by molar-refractivity contribution is 9.08. The number of hydrogen-bond acceptors (Lipinski definition) is 2. The maximum absolute atomic E-state index is 4.24. The molecule has 2 aromatic heterocycles. The van der Waals surface area contributed by atoms with Gasteiger partial charge < -0.3 is 0 Å². The minimum atomic E-state index is 0.703. The second-order valence-corrected chi connectivity index (χ2v) is 2.73. The van der Waals surface area contributed by atoms with E-state index in [0.29, 0.717) is 5.33 Å². The van der Waals surface area contributed by atoms with E-state index < -0.39 is 0 Å². The van der Waals surface area contributed by atoms with Crippen LogP contribution >= 0.6 is 15.9 Å². The van der Waals surface area contributed by atoms with Crippen molar-refractivity contribution in [2.24, 2.45) is 0 Å². The van der Waals surface area contributed by atoms with Crippen LogP contribution in [0.3, 0.4) is 0 Å². The van der Waals surface area contributed by atoms with Crippen LogP contribution in [0.5, 0.6) is 0 Å². The third-order valence-corrected chi connectivity index (χ3v) is 1.91. The Bertz CT molecular complexity index is 335. The molecule has 0 saturated carbocycles. The van der Waals surface area contributed by atoms with Crippen LogP contribution < -0.4 is 0 Å². The number of nitrogens with zero attached hydrogens (tertiary/aromatic N) is 3. The van der Waals surface area contributed by atoms with Crippen LogP contribution in [-0.4, -0.2) is 14.6 Å². The van der Waals surface area contributed by atoms with Gasteiger partial charge in [-0.3, -0.25) is 0 Å². The number of halogens is 1. The van der Waals surface area contributed by atoms with Gasteiger partial charge in [-0.2, -0.15) is 5.10 Å². The fourth-order valence-electron chi connectivity index (χ4n) is 0.934. The standard InChI is InChI=1S/C7H6BrN3/c8-5-6-9-7-3-1-2-4-11(7)10-6/h1-4H,5H2. The van der Waals surface area contributed by atoms with Crippen molar-refractivity contribution in [3.8, 4) is 0 Å². The number of alkyl halides is 1. The minimum absolute atomic E-state index is 0.703. The number of aromatic nitrogens is 3. The Kier molecular flexibility index (Phi) is 1.62. The number of hydrogen-bond donors (Lipinski definition) is 0. The molecule has 0 aliphatic rings. The first-order chi connectivity index (χ1) is 5.40. The summed E-state index contributed by atoms with van der Waals surface area (Å²) in [6.45, 7) is 0. The molecule has 4 heteroatoms. The van der Waals surface area contributed by atoms with Crippen molar-refractivity contribution in [1.82, 2.24) is 14.6 Å². The van der Waals surface area contributed by atoms with Crippen LogP contribution in [0.25, 0.3) is 5.65 Å². The first-order valence-electron chi connectivity index (χ1n) is 3.26. The zero-order valence-electron chi connectivity index (χ0n) is 5.74. The molecule has 0 aliphatic heterocycles. The predicted molar refractivity (Wildman–Crippen MR) is 45.6 cm³/mol. The average Bonchev–Trinajstić information content (AvgIpc) is 2.46. The Morgan fingerprint density at radius 3 is 3.09 bits per heavy atom. The van der Waals surface area contributed by atoms with Gasteiger partial charge >= 0.3 is 0 Å². The zero-order chi connectivity index (χ0) is 7.68. The van der Waals surface area contributed by atoms with Gasteiger partial charge in [0.05, 0.1) is 5.33 Å². The highest BCUT2D eigenvalue weighted by atomic mass is 79.9. The van der Waals surface area contributed by atoms with Crippen molar-refractivity contribution in [3.05, 3.63) is 30.2 Å². The van der Waals surface area contributed by atoms with E-state index in [9.17, 15) is 0 Å². The maximum atomic E-state index is 4.24. The van der Waals surface area contributed by atoms with Crippen molar-refractivity contribution in [3.63, 3.8) is 0 Å². The molecular weight excluding hydrogens is 206 g/mol. The molecule has 11 heavy (non-hydrogen) atoms. The van der Waals surface area contributed by atoms with E-state index in [0.717, 1.165) is 11.5 Å². The van der Waals surface area contributed by atoms with Crippen LogP contribution in [-0.2, 0) is 5.33 Å². The molecule has 0 aliphatic carbocycles. The smallest absolute Gasteiger partial charge is 0.162 e. The summed E-state index contributed by atoms with van der Waals surface area (Å²) in [7, 11) is 0. The molecule has 0 bridgehead atoms. The monoisotopic (exact) mass is 211 g/mol. The summed E-state index contributed by atoms with van der Waals surface area (Å²) in [6.07, 6.45) is 1.88. The molecule has 0 amide bonds. The van der Waals surface area contributed by atoms with Crippen molar-refractivity contribution < 1.29 is 0 Å². The third kappa shape index (κ3) is 1.14. The highest BCUT2D eigenvalue weighted by Crippen LogP contribution is 2.02. The van der Waals surface area contributed by atoms with E-state index in [2.05, 4.69) is 26.0 Å². The Labute approximate surface area is 72.2 Å². The normalized spacial score (nSPS) is 10.6. The molecule has 56 valence electrons. The van der Waals surface area contributed by atoms with E-state index in [1.165, 1.54) is 0 Å². The molecule has 0 N–H and O–H groups in total. The average molecular weight is 212 g/mol. The van der Waals surface area contributed by atoms with Crippen LogP contribution in [0, 0.1) is 0 Å². The van der Waals surface area contributed by atoms with Crippen LogP contribution in [0.2, 0.25) is 0 Å². The van der Waals surface area contributed by atoms with Gasteiger partial charge in [-0.1, -0.05) is 22.0 Å². The number of pyridine rings is 1. The fourth-order valence-corrected chi connectivity index (χ4v) is 1.17. The van der Waals surface area contributed by atoms with Gasteiger partial charge in [0.25, 0.3) is 0 Å². The van der Waals surface area contributed by atoms with Crippen LogP contribution in [0.15, 0.2) is 24.4 Å². The van der Waals surface area contributed by atoms with Gasteiger partial charge in [-0.05, 0) is 12.1 Å². The summed E-state index contributed by atoms with van der Waals surface area (Å²) in [6, 6.07) is 5.81. The summed E-state index contributed by atoms with van der Waals surface area (Å²) >= 11 is 3.30. The van der Waals surface area contributed by atoms with Crippen molar-refractivity contribution in [1.29, 1.82) is 0 Å². The summed E-state index contributed by atoms with van der Waals surface area (Å²) in [5.41, 5.74) is 0.891. The topological polar surface area (TPSA) is 30.2 Å². The maximum Gasteiger partial charge on any atom is 0.162 e. The largest absolute Gasteiger partial charge is 0.221 e. The number of fused-ring (bicyclic) bond motifs is 1. The summed E-state index contributed by atoms with van der Waals surface area (Å²) in [5, 5.41) is 4.89. The fraction of sp³-hybridized carbons (Fsp3) is 0.143. The van der Waals surface area contributed by atoms with Gasteiger partial charge in [-0.15, -0.1) is 0 Å². The molecule has 0 spiro atoms. The Morgan fingerprint density at radius 1 is 1.45 bits per heavy atom. The molecule has 2 rings (SSSR count). The lowest BCUT2D eigenvalue weighted by atomic mass is 10.5. The molecule has 2 aromatic rings. The predicted octanol–water partition coefficient (Wildman–Crippen LogP) is 1.62. The zero-order valence-corrected chi connectivity index (χ0v) is 7.32. The molecular formula is C7H6BrN3. The lowest BCUT2D eigenvalue weighted by Crippen LogP contribution is -1.84. The van der Waals surface area contributed by atoms with E-state index in [1.807, 2.05) is 24.4 Å². The van der Waals surface area contributed by atoms with Gasteiger partial charge in [0, 0.05) is 6.20 Å². The molecule has 0 unspecified atom stereocenters. The molecule has 2 heterocycles. The van der Waals surface area contributed by atoms with Gasteiger partial charge in [-0.25, -0.2) is 9.50 Å². The number of rotatable bonds is 1. The minimum Gasteiger partial charge on any atom is -0.221 e. The molecule has 0 saturated heterocycles. The first kappa shape index (κ1) is 6.79. The summed E-state index contributed by atoms with van der Waals surface area (Å²) in [4.78, 5) is 4.24. The third-order valence-electron chi connectivity index (χ3n) is 1.40. The molecule has 0 atom stereocenters. The van der Waals surface area contributed by atoms with Crippen molar-refractivity contribution in [2.45, 2.75) is 5.33 Å². The van der Waals surface area contributed by atoms with E-state index >= 15 is 0 Å². The van der Waals surface area contributed by atoms with E-state index in [-0.39, 0.29) is 0 Å². The molecule has 3 nitrogen and oxygen atoms in total. The van der Waals surface area contributed by atoms with E-state index in [1.54, 1.807) is 4.52 Å². The lowest BCUT2D eigenvalue weighted by molar-refractivity contribution is 0.926. The molecule has 0 radical (unpaired) electrons. The molecule has 0 fully saturated rings. The first-order valence-corrected chi connectivity index (χ1v) is 4.38. The van der Waals surface area contributed by atoms with Gasteiger partial charge in [0.1, 0.15) is 0 Å². The summed E-state index contributed by atoms with van der Waals surface area (Å²) < 4.78 is 1.76. The lowest BCUT2D eigenvalue weighted by Gasteiger charge is -1.84. The quantitative estimate of drug-likeness (QED) is 0.672. The van der Waals surface area contributed by atoms with E-state index in [4.69, 9.17) is 0 Å². The highest BCUT2D eigenvalue weighted by Gasteiger charge is 1.98. The Balaban J connectivity index is 2.69. The molecule has 0 aromatic carbocycles. The Hall–Kier alpha value is -0.900. The SMILES string of the molecule is BrCc1nc2ccccn2n1. The van der Waals surface area contributed by atoms with Crippen molar-refractivity contribution >= 4 is 21.6 Å². The van der Waals surface area contributed by atoms with Crippen molar-refractivity contribution in [2.75, 3.05) is 0 Å².